The number of methoxy groups -OCH3 is 1. The zero-order chi connectivity index (χ0) is 32.3. The van der Waals surface area contributed by atoms with Gasteiger partial charge in [0.15, 0.2) is 0 Å². The minimum atomic E-state index is -3.15. The fourth-order valence-corrected chi connectivity index (χ4v) is 12.6. The zero-order valence-electron chi connectivity index (χ0n) is 26.8. The maximum atomic E-state index is 14.0. The summed E-state index contributed by atoms with van der Waals surface area (Å²) in [4.78, 5) is 16.4. The quantitative estimate of drug-likeness (QED) is 0.158. The average Bonchev–Trinajstić information content (AvgIpc) is 3.01. The van der Waals surface area contributed by atoms with Crippen molar-refractivity contribution in [3.05, 3.63) is 91.5 Å². The van der Waals surface area contributed by atoms with Gasteiger partial charge in [-0.2, -0.15) is 0 Å². The van der Waals surface area contributed by atoms with Gasteiger partial charge in [0.25, 0.3) is 0 Å². The maximum absolute atomic E-state index is 14.0. The van der Waals surface area contributed by atoms with Crippen LogP contribution >= 0.6 is 31.4 Å². The number of ether oxygens (including phenoxy) is 2. The van der Waals surface area contributed by atoms with Gasteiger partial charge in [-0.25, -0.2) is 0 Å². The molecule has 3 aromatic rings. The van der Waals surface area contributed by atoms with E-state index in [0.29, 0.717) is 28.9 Å². The van der Waals surface area contributed by atoms with Gasteiger partial charge in [0.2, 0.25) is 0 Å². The molecule has 9 heteroatoms. The van der Waals surface area contributed by atoms with Gasteiger partial charge in [-0.15, -0.1) is 0 Å². The summed E-state index contributed by atoms with van der Waals surface area (Å²) in [6.07, 6.45) is 4.30. The van der Waals surface area contributed by atoms with Gasteiger partial charge in [0.05, 0.1) is 0 Å². The molecule has 244 valence electrons. The third-order valence-corrected chi connectivity index (χ3v) is 16.1. The van der Waals surface area contributed by atoms with Gasteiger partial charge >= 0.3 is 283 Å². The molecule has 2 aliphatic rings. The number of carbonyl (C=O) groups is 1. The molecule has 0 saturated heterocycles. The van der Waals surface area contributed by atoms with Crippen LogP contribution in [-0.2, 0) is 21.2 Å². The van der Waals surface area contributed by atoms with Crippen LogP contribution in [0.3, 0.4) is 0 Å². The van der Waals surface area contributed by atoms with Crippen molar-refractivity contribution in [2.45, 2.75) is 76.9 Å². The standard InChI is InChI=1S/C36H45ClINO5S/c1-6-45(41,42)39-30-17-7-24(8-18-30)22-38(4)29-15-11-26(12-16-29)36-32(40)19-27-20-33(43-5)34(44-23(2)3)21-31(27)35(36)25-9-13-28(37)14-10-25/h9-16,20-21,23-24,30,35-36,39H,6-8,17-19,22H2,1-5H3. The van der Waals surface area contributed by atoms with E-state index in [1.807, 2.05) is 44.2 Å². The van der Waals surface area contributed by atoms with E-state index < -0.39 is 29.8 Å². The van der Waals surface area contributed by atoms with E-state index in [1.54, 1.807) is 14.0 Å². The summed E-state index contributed by atoms with van der Waals surface area (Å²) in [7, 11) is -1.52. The number of rotatable bonds is 11. The number of halogens is 2. The van der Waals surface area contributed by atoms with Gasteiger partial charge in [0.1, 0.15) is 0 Å². The molecule has 2 atom stereocenters. The average molecular weight is 766 g/mol. The first-order chi connectivity index (χ1) is 21.5. The van der Waals surface area contributed by atoms with Crippen LogP contribution in [0.15, 0.2) is 60.7 Å². The summed E-state index contributed by atoms with van der Waals surface area (Å²) >= 11 is 4.87. The number of hydrogen-bond acceptors (Lipinski definition) is 5. The van der Waals surface area contributed by atoms with Crippen LogP contribution in [0.5, 0.6) is 11.5 Å². The number of nitrogens with one attached hydrogen (secondary N) is 1. The molecule has 0 heterocycles. The van der Waals surface area contributed by atoms with Gasteiger partial charge in [-0.3, -0.25) is 0 Å². The first kappa shape index (κ1) is 34.2. The van der Waals surface area contributed by atoms with Gasteiger partial charge < -0.3 is 0 Å². The van der Waals surface area contributed by atoms with E-state index in [9.17, 15) is 13.2 Å². The second-order valence-corrected chi connectivity index (χ2v) is 20.5. The molecule has 5 rings (SSSR count). The van der Waals surface area contributed by atoms with Crippen molar-refractivity contribution in [3.63, 3.8) is 0 Å². The van der Waals surface area contributed by atoms with Crippen molar-refractivity contribution in [2.24, 2.45) is 5.92 Å². The number of hydrogen-bond donors (Lipinski definition) is 1. The van der Waals surface area contributed by atoms with E-state index in [4.69, 9.17) is 21.1 Å². The number of benzene rings is 3. The first-order valence-corrected chi connectivity index (χ1v) is 22.6. The van der Waals surface area contributed by atoms with Crippen molar-refractivity contribution in [2.75, 3.05) is 22.2 Å². The van der Waals surface area contributed by atoms with Crippen LogP contribution in [0, 0.1) is 9.49 Å². The summed E-state index contributed by atoms with van der Waals surface area (Å²) < 4.78 is 41.3. The van der Waals surface area contributed by atoms with Crippen LogP contribution in [0.2, 0.25) is 5.02 Å². The van der Waals surface area contributed by atoms with Crippen molar-refractivity contribution in [1.29, 1.82) is 0 Å². The van der Waals surface area contributed by atoms with E-state index >= 15 is 0 Å². The first-order valence-electron chi connectivity index (χ1n) is 15.8. The third-order valence-electron chi connectivity index (χ3n) is 9.02. The molecule has 3 aromatic carbocycles. The van der Waals surface area contributed by atoms with Crippen LogP contribution in [0.4, 0.5) is 0 Å². The normalized spacial score (nSPS) is 22.2. The molecule has 0 aliphatic heterocycles. The number of carbonyl (C=O) groups excluding carboxylic acids is 1. The molecule has 1 fully saturated rings. The Labute approximate surface area is 281 Å². The predicted octanol–water partition coefficient (Wildman–Crippen LogP) is 7.98. The summed E-state index contributed by atoms with van der Waals surface area (Å²) in [5.74, 6) is 1.80. The number of sulfonamides is 1. The van der Waals surface area contributed by atoms with Gasteiger partial charge in [-0.1, -0.05) is 0 Å². The Morgan fingerprint density at radius 3 is 2.16 bits per heavy atom. The summed E-state index contributed by atoms with van der Waals surface area (Å²) in [5, 5.41) is 0.663. The van der Waals surface area contributed by atoms with Gasteiger partial charge in [-0.05, 0) is 0 Å². The Morgan fingerprint density at radius 1 is 0.933 bits per heavy atom. The molecule has 0 radical (unpaired) electrons. The van der Waals surface area contributed by atoms with Crippen molar-refractivity contribution in [3.8, 4) is 11.5 Å². The second-order valence-electron chi connectivity index (χ2n) is 12.6. The molecule has 2 aliphatic carbocycles. The van der Waals surface area contributed by atoms with Crippen LogP contribution in [0.1, 0.15) is 80.5 Å². The monoisotopic (exact) mass is 765 g/mol. The number of Topliss-reactive ketones (excluding diaryl/α,β-unsaturated/α-hetero) is 1. The predicted molar refractivity (Wildman–Crippen MR) is 192 cm³/mol. The van der Waals surface area contributed by atoms with Crippen molar-refractivity contribution >= 4 is 47.2 Å². The Morgan fingerprint density at radius 2 is 1.56 bits per heavy atom. The Hall–Kier alpha value is -2.14. The topological polar surface area (TPSA) is 81.7 Å². The van der Waals surface area contributed by atoms with E-state index in [-0.39, 0.29) is 35.5 Å². The second kappa shape index (κ2) is 14.7. The summed E-state index contributed by atoms with van der Waals surface area (Å²) in [6, 6.07) is 20.8. The molecule has 45 heavy (non-hydrogen) atoms. The van der Waals surface area contributed by atoms with E-state index in [2.05, 4.69) is 40.0 Å². The molecule has 1 N–H and O–H groups in total. The van der Waals surface area contributed by atoms with Gasteiger partial charge in [0, 0.05) is 0 Å². The number of ketones is 1. The molecular formula is C36H45ClINO5S. The SMILES string of the molecule is CCS(=O)(=O)NC1CCC(CI(C)c2ccc(C3C(=O)Cc4cc(OC)c(OC(C)C)cc4C3c3ccc(Cl)cc3)cc2)CC1. The molecule has 6 nitrogen and oxygen atoms in total. The number of fused-ring (bicyclic) bond motifs is 1. The summed E-state index contributed by atoms with van der Waals surface area (Å²) in [6.45, 7) is 5.68. The fraction of sp³-hybridized carbons (Fsp3) is 0.472. The number of alkyl halides is 2. The zero-order valence-corrected chi connectivity index (χ0v) is 30.5. The minimum absolute atomic E-state index is 0.0184. The molecule has 0 spiro atoms. The third kappa shape index (κ3) is 8.24. The van der Waals surface area contributed by atoms with E-state index in [0.717, 1.165) is 47.9 Å². The van der Waals surface area contributed by atoms with Crippen molar-refractivity contribution < 1.29 is 22.7 Å². The van der Waals surface area contributed by atoms with Crippen molar-refractivity contribution in [1.82, 2.24) is 4.72 Å². The molecule has 2 unspecified atom stereocenters. The van der Waals surface area contributed by atoms with Crippen LogP contribution in [0.25, 0.3) is 0 Å². The van der Waals surface area contributed by atoms with Crippen LogP contribution in [-0.4, -0.2) is 48.6 Å². The molecule has 0 amide bonds. The Kier molecular flexibility index (Phi) is 11.2. The molecule has 1 saturated carbocycles. The summed E-state index contributed by atoms with van der Waals surface area (Å²) in [5.41, 5.74) is 4.14. The fourth-order valence-electron chi connectivity index (χ4n) is 6.72. The molecular weight excluding hydrogens is 721 g/mol. The molecule has 0 aromatic heterocycles. The Bertz CT molecular complexity index is 1580. The van der Waals surface area contributed by atoms with Crippen LogP contribution < -0.4 is 14.2 Å². The molecule has 0 bridgehead atoms. The van der Waals surface area contributed by atoms with E-state index in [1.165, 1.54) is 8.00 Å². The Balaban J connectivity index is 1.38.